The second-order valence-corrected chi connectivity index (χ2v) is 8.39. The Morgan fingerprint density at radius 3 is 2.55 bits per heavy atom. The van der Waals surface area contributed by atoms with Crippen LogP contribution >= 0.6 is 0 Å². The molecule has 152 valence electrons. The Morgan fingerprint density at radius 2 is 1.83 bits per heavy atom. The summed E-state index contributed by atoms with van der Waals surface area (Å²) in [5.74, 6) is 0.279. The maximum atomic E-state index is 12.9. The summed E-state index contributed by atoms with van der Waals surface area (Å²) in [6.45, 7) is 2.85. The third-order valence-corrected chi connectivity index (χ3v) is 6.12. The SMILES string of the molecule is Cc1cc(OCCNc2ccncc2)cc(N(C)S(=O)(=O)c2ccccc2O)c1. The van der Waals surface area contributed by atoms with Crippen LogP contribution in [0, 0.1) is 6.92 Å². The Labute approximate surface area is 170 Å². The quantitative estimate of drug-likeness (QED) is 0.550. The molecule has 0 amide bonds. The number of nitrogens with zero attached hydrogens (tertiary/aromatic N) is 2. The second kappa shape index (κ2) is 8.83. The molecule has 0 radical (unpaired) electrons. The lowest BCUT2D eigenvalue weighted by Crippen LogP contribution is -2.26. The average Bonchev–Trinajstić information content (AvgIpc) is 2.71. The van der Waals surface area contributed by atoms with Gasteiger partial charge in [0.2, 0.25) is 0 Å². The van der Waals surface area contributed by atoms with Crippen LogP contribution in [0.15, 0.2) is 71.9 Å². The Balaban J connectivity index is 1.72. The molecular weight excluding hydrogens is 390 g/mol. The Morgan fingerprint density at radius 1 is 1.10 bits per heavy atom. The van der Waals surface area contributed by atoms with Gasteiger partial charge in [-0.2, -0.15) is 0 Å². The van der Waals surface area contributed by atoms with Crippen LogP contribution in [0.3, 0.4) is 0 Å². The first-order valence-electron chi connectivity index (χ1n) is 9.03. The highest BCUT2D eigenvalue weighted by Crippen LogP contribution is 2.30. The summed E-state index contributed by atoms with van der Waals surface area (Å²) in [5, 5.41) is 13.2. The fourth-order valence-electron chi connectivity index (χ4n) is 2.79. The largest absolute Gasteiger partial charge is 0.507 e. The van der Waals surface area contributed by atoms with Gasteiger partial charge >= 0.3 is 0 Å². The van der Waals surface area contributed by atoms with Gasteiger partial charge < -0.3 is 15.2 Å². The number of aryl methyl sites for hydroxylation is 1. The van der Waals surface area contributed by atoms with Gasteiger partial charge in [-0.05, 0) is 48.9 Å². The summed E-state index contributed by atoms with van der Waals surface area (Å²) in [6.07, 6.45) is 3.41. The number of ether oxygens (including phenoxy) is 1. The molecule has 0 aliphatic carbocycles. The number of hydrogen-bond acceptors (Lipinski definition) is 6. The highest BCUT2D eigenvalue weighted by molar-refractivity contribution is 7.92. The monoisotopic (exact) mass is 413 g/mol. The zero-order chi connectivity index (χ0) is 20.9. The molecule has 3 aromatic rings. The predicted octanol–water partition coefficient (Wildman–Crippen LogP) is 3.41. The summed E-state index contributed by atoms with van der Waals surface area (Å²) >= 11 is 0. The Bertz CT molecular complexity index is 1070. The fraction of sp³-hybridized carbons (Fsp3) is 0.190. The van der Waals surface area contributed by atoms with Gasteiger partial charge in [-0.1, -0.05) is 12.1 Å². The first kappa shape index (κ1) is 20.5. The maximum Gasteiger partial charge on any atom is 0.267 e. The Kier molecular flexibility index (Phi) is 6.23. The van der Waals surface area contributed by atoms with Crippen molar-refractivity contribution in [2.45, 2.75) is 11.8 Å². The maximum absolute atomic E-state index is 12.9. The summed E-state index contributed by atoms with van der Waals surface area (Å²) in [6, 6.07) is 14.9. The lowest BCUT2D eigenvalue weighted by molar-refractivity contribution is 0.333. The molecule has 7 nitrogen and oxygen atoms in total. The number of rotatable bonds is 8. The molecule has 0 bridgehead atoms. The zero-order valence-electron chi connectivity index (χ0n) is 16.2. The summed E-state index contributed by atoms with van der Waals surface area (Å²) < 4.78 is 32.7. The van der Waals surface area contributed by atoms with E-state index >= 15 is 0 Å². The van der Waals surface area contributed by atoms with Crippen LogP contribution < -0.4 is 14.4 Å². The molecule has 0 atom stereocenters. The van der Waals surface area contributed by atoms with E-state index in [0.29, 0.717) is 24.6 Å². The summed E-state index contributed by atoms with van der Waals surface area (Å²) in [5.41, 5.74) is 2.26. The van der Waals surface area contributed by atoms with Crippen LogP contribution in [0.2, 0.25) is 0 Å². The molecule has 0 unspecified atom stereocenters. The molecule has 1 heterocycles. The molecule has 0 saturated heterocycles. The van der Waals surface area contributed by atoms with Crippen molar-refractivity contribution in [3.05, 3.63) is 72.6 Å². The van der Waals surface area contributed by atoms with E-state index in [9.17, 15) is 13.5 Å². The number of phenols is 1. The smallest absolute Gasteiger partial charge is 0.267 e. The number of aromatic nitrogens is 1. The molecule has 29 heavy (non-hydrogen) atoms. The van der Waals surface area contributed by atoms with Crippen LogP contribution in [0.4, 0.5) is 11.4 Å². The molecule has 1 aromatic heterocycles. The third kappa shape index (κ3) is 4.97. The predicted molar refractivity (Wildman–Crippen MR) is 113 cm³/mol. The molecule has 2 aromatic carbocycles. The van der Waals surface area contributed by atoms with Gasteiger partial charge in [0.05, 0.1) is 5.69 Å². The van der Waals surface area contributed by atoms with Crippen molar-refractivity contribution in [3.63, 3.8) is 0 Å². The first-order chi connectivity index (χ1) is 13.9. The molecular formula is C21H23N3O4S. The van der Waals surface area contributed by atoms with Crippen molar-refractivity contribution in [1.82, 2.24) is 4.98 Å². The van der Waals surface area contributed by atoms with Gasteiger partial charge in [0.25, 0.3) is 10.0 Å². The number of benzene rings is 2. The highest BCUT2D eigenvalue weighted by Gasteiger charge is 2.24. The molecule has 2 N–H and O–H groups in total. The zero-order valence-corrected chi connectivity index (χ0v) is 17.1. The van der Waals surface area contributed by atoms with E-state index in [0.717, 1.165) is 15.6 Å². The minimum atomic E-state index is -3.91. The number of anilines is 2. The van der Waals surface area contributed by atoms with E-state index < -0.39 is 10.0 Å². The number of nitrogens with one attached hydrogen (secondary N) is 1. The minimum absolute atomic E-state index is 0.145. The minimum Gasteiger partial charge on any atom is -0.507 e. The topological polar surface area (TPSA) is 91.8 Å². The molecule has 3 rings (SSSR count). The normalized spacial score (nSPS) is 11.1. The van der Waals surface area contributed by atoms with Gasteiger partial charge in [0.15, 0.2) is 0 Å². The number of pyridine rings is 1. The van der Waals surface area contributed by atoms with E-state index in [4.69, 9.17) is 4.74 Å². The number of aromatic hydroxyl groups is 1. The number of para-hydroxylation sites is 1. The molecule has 8 heteroatoms. The van der Waals surface area contributed by atoms with Crippen molar-refractivity contribution >= 4 is 21.4 Å². The van der Waals surface area contributed by atoms with Gasteiger partial charge in [0, 0.05) is 37.7 Å². The van der Waals surface area contributed by atoms with E-state index in [2.05, 4.69) is 10.3 Å². The van der Waals surface area contributed by atoms with E-state index in [1.165, 1.54) is 19.2 Å². The van der Waals surface area contributed by atoms with Gasteiger partial charge in [-0.25, -0.2) is 8.42 Å². The number of phenolic OH excluding ortho intramolecular Hbond substituents is 1. The standard InChI is InChI=1S/C21H23N3O4S/c1-16-13-18(24(2)29(26,27)21-6-4-3-5-20(21)25)15-19(14-16)28-12-11-23-17-7-9-22-10-8-17/h3-10,13-15,25H,11-12H2,1-2H3,(H,22,23). The summed E-state index contributed by atoms with van der Waals surface area (Å²) in [7, 11) is -2.46. The molecule has 0 spiro atoms. The van der Waals surface area contributed by atoms with Gasteiger partial charge in [-0.3, -0.25) is 9.29 Å². The van der Waals surface area contributed by atoms with Crippen LogP contribution in [-0.2, 0) is 10.0 Å². The van der Waals surface area contributed by atoms with Crippen molar-refractivity contribution in [3.8, 4) is 11.5 Å². The first-order valence-corrected chi connectivity index (χ1v) is 10.5. The van der Waals surface area contributed by atoms with Crippen molar-refractivity contribution in [2.24, 2.45) is 0 Å². The highest BCUT2D eigenvalue weighted by atomic mass is 32.2. The van der Waals surface area contributed by atoms with Crippen LogP contribution in [-0.4, -0.2) is 38.7 Å². The van der Waals surface area contributed by atoms with Gasteiger partial charge in [0.1, 0.15) is 23.0 Å². The van der Waals surface area contributed by atoms with Crippen molar-refractivity contribution in [1.29, 1.82) is 0 Å². The second-order valence-electron chi connectivity index (χ2n) is 6.46. The Hall–Kier alpha value is -3.26. The van der Waals surface area contributed by atoms with Crippen molar-refractivity contribution in [2.75, 3.05) is 29.8 Å². The van der Waals surface area contributed by atoms with Crippen LogP contribution in [0.5, 0.6) is 11.5 Å². The molecule has 0 aliphatic heterocycles. The van der Waals surface area contributed by atoms with Crippen LogP contribution in [0.25, 0.3) is 0 Å². The number of sulfonamides is 1. The molecule has 0 saturated carbocycles. The average molecular weight is 413 g/mol. The van der Waals surface area contributed by atoms with E-state index in [-0.39, 0.29) is 10.6 Å². The van der Waals surface area contributed by atoms with Gasteiger partial charge in [-0.15, -0.1) is 0 Å². The lowest BCUT2D eigenvalue weighted by atomic mass is 10.2. The molecule has 0 aliphatic rings. The van der Waals surface area contributed by atoms with E-state index in [1.807, 2.05) is 25.1 Å². The number of hydrogen-bond donors (Lipinski definition) is 2. The lowest BCUT2D eigenvalue weighted by Gasteiger charge is -2.21. The fourth-order valence-corrected chi connectivity index (χ4v) is 4.05. The molecule has 0 fully saturated rings. The summed E-state index contributed by atoms with van der Waals surface area (Å²) in [4.78, 5) is 3.82. The third-order valence-electron chi connectivity index (χ3n) is 4.28. The van der Waals surface area contributed by atoms with Crippen LogP contribution in [0.1, 0.15) is 5.56 Å². The van der Waals surface area contributed by atoms with E-state index in [1.54, 1.807) is 36.7 Å². The van der Waals surface area contributed by atoms with Crippen molar-refractivity contribution < 1.29 is 18.3 Å².